The van der Waals surface area contributed by atoms with Gasteiger partial charge in [-0.05, 0) is 48.1 Å². The van der Waals surface area contributed by atoms with Crippen LogP contribution in [0.2, 0.25) is 0 Å². The molecule has 1 aliphatic rings. The lowest BCUT2D eigenvalue weighted by molar-refractivity contribution is 0.210. The van der Waals surface area contributed by atoms with E-state index in [9.17, 15) is 4.79 Å². The molecule has 5 nitrogen and oxygen atoms in total. The van der Waals surface area contributed by atoms with E-state index >= 15 is 0 Å². The van der Waals surface area contributed by atoms with Crippen molar-refractivity contribution in [1.29, 1.82) is 0 Å². The maximum absolute atomic E-state index is 12.1. The number of carbonyl (C=O) groups excluding carboxylic acids is 1. The van der Waals surface area contributed by atoms with Gasteiger partial charge in [0.15, 0.2) is 0 Å². The van der Waals surface area contributed by atoms with Crippen molar-refractivity contribution in [3.05, 3.63) is 52.2 Å². The fourth-order valence-corrected chi connectivity index (χ4v) is 3.60. The highest BCUT2D eigenvalue weighted by Crippen LogP contribution is 2.27. The van der Waals surface area contributed by atoms with E-state index in [1.54, 1.807) is 11.3 Å². The number of nitrogens with zero attached hydrogens (tertiary/aromatic N) is 1. The first-order chi connectivity index (χ1) is 11.6. The highest BCUT2D eigenvalue weighted by molar-refractivity contribution is 7.07. The average Bonchev–Trinajstić information content (AvgIpc) is 3.22. The number of hydrogen-bond acceptors (Lipinski definition) is 4. The van der Waals surface area contributed by atoms with Crippen LogP contribution < -0.4 is 15.4 Å². The molecule has 2 amide bonds. The summed E-state index contributed by atoms with van der Waals surface area (Å²) >= 11 is 1.67. The Balaban J connectivity index is 1.43. The molecule has 1 aromatic heterocycles. The molecule has 128 valence electrons. The van der Waals surface area contributed by atoms with Crippen LogP contribution in [0.1, 0.15) is 17.2 Å². The zero-order valence-corrected chi connectivity index (χ0v) is 14.8. The molecule has 2 heterocycles. The number of para-hydroxylation sites is 1. The molecule has 1 aliphatic heterocycles. The van der Waals surface area contributed by atoms with Gasteiger partial charge in [0.1, 0.15) is 11.9 Å². The normalized spacial score (nSPS) is 17.2. The van der Waals surface area contributed by atoms with Gasteiger partial charge >= 0.3 is 6.03 Å². The van der Waals surface area contributed by atoms with Gasteiger partial charge in [0.2, 0.25) is 0 Å². The number of fused-ring (bicyclic) bond motifs is 1. The van der Waals surface area contributed by atoms with Crippen LogP contribution in [0.5, 0.6) is 5.75 Å². The van der Waals surface area contributed by atoms with Crippen molar-refractivity contribution >= 4 is 17.4 Å². The second-order valence-corrected chi connectivity index (χ2v) is 6.96. The summed E-state index contributed by atoms with van der Waals surface area (Å²) in [5, 5.41) is 10.0. The quantitative estimate of drug-likeness (QED) is 0.846. The summed E-state index contributed by atoms with van der Waals surface area (Å²) in [6.07, 6.45) is 0.848. The van der Waals surface area contributed by atoms with E-state index in [0.717, 1.165) is 12.2 Å². The molecule has 0 spiro atoms. The van der Waals surface area contributed by atoms with Gasteiger partial charge in [-0.15, -0.1) is 0 Å². The van der Waals surface area contributed by atoms with Gasteiger partial charge < -0.3 is 20.3 Å². The lowest BCUT2D eigenvalue weighted by Gasteiger charge is -2.24. The third-order valence-corrected chi connectivity index (χ3v) is 4.91. The van der Waals surface area contributed by atoms with Crippen LogP contribution in [-0.4, -0.2) is 44.2 Å². The summed E-state index contributed by atoms with van der Waals surface area (Å²) < 4.78 is 5.83. The Hall–Kier alpha value is -2.05. The number of thiophene rings is 1. The molecule has 24 heavy (non-hydrogen) atoms. The maximum atomic E-state index is 12.1. The number of amides is 2. The van der Waals surface area contributed by atoms with E-state index < -0.39 is 0 Å². The summed E-state index contributed by atoms with van der Waals surface area (Å²) in [6, 6.07) is 10.1. The molecule has 0 fully saturated rings. The van der Waals surface area contributed by atoms with Crippen molar-refractivity contribution in [2.45, 2.75) is 18.6 Å². The van der Waals surface area contributed by atoms with E-state index in [1.807, 2.05) is 32.3 Å². The Morgan fingerprint density at radius 2 is 2.17 bits per heavy atom. The minimum atomic E-state index is -0.156. The fraction of sp³-hybridized carbons (Fsp3) is 0.389. The van der Waals surface area contributed by atoms with Crippen LogP contribution in [0.25, 0.3) is 0 Å². The zero-order valence-electron chi connectivity index (χ0n) is 14.0. The van der Waals surface area contributed by atoms with E-state index in [1.165, 1.54) is 11.1 Å². The number of ether oxygens (including phenoxy) is 1. The molecular formula is C18H23N3O2S. The predicted octanol–water partition coefficient (Wildman–Crippen LogP) is 2.65. The van der Waals surface area contributed by atoms with Gasteiger partial charge in [-0.1, -0.05) is 18.2 Å². The second-order valence-electron chi connectivity index (χ2n) is 6.18. The molecule has 1 aromatic carbocycles. The summed E-state index contributed by atoms with van der Waals surface area (Å²) in [4.78, 5) is 14.2. The molecule has 0 aliphatic carbocycles. The first kappa shape index (κ1) is 16.8. The Kier molecular flexibility index (Phi) is 5.37. The number of likely N-dealkylation sites (N-methyl/N-ethyl adjacent to an activating group) is 1. The van der Waals surface area contributed by atoms with Gasteiger partial charge in [0.25, 0.3) is 0 Å². The van der Waals surface area contributed by atoms with Gasteiger partial charge in [-0.3, -0.25) is 0 Å². The van der Waals surface area contributed by atoms with E-state index in [0.29, 0.717) is 13.1 Å². The molecule has 2 atom stereocenters. The van der Waals surface area contributed by atoms with Gasteiger partial charge in [0, 0.05) is 13.0 Å². The molecule has 0 bridgehead atoms. The second kappa shape index (κ2) is 7.68. The van der Waals surface area contributed by atoms with Gasteiger partial charge in [-0.2, -0.15) is 11.3 Å². The molecule has 2 aromatic rings. The van der Waals surface area contributed by atoms with E-state index in [4.69, 9.17) is 4.74 Å². The van der Waals surface area contributed by atoms with Crippen molar-refractivity contribution in [3.63, 3.8) is 0 Å². The first-order valence-electron chi connectivity index (χ1n) is 8.08. The largest absolute Gasteiger partial charge is 0.488 e. The van der Waals surface area contributed by atoms with Gasteiger partial charge in [-0.25, -0.2) is 4.79 Å². The number of carbonyl (C=O) groups is 1. The fourth-order valence-electron chi connectivity index (χ4n) is 2.89. The topological polar surface area (TPSA) is 53.6 Å². The third-order valence-electron chi connectivity index (χ3n) is 4.21. The molecule has 6 heteroatoms. The summed E-state index contributed by atoms with van der Waals surface area (Å²) in [6.45, 7) is 1.08. The molecule has 0 saturated carbocycles. The number of benzene rings is 1. The summed E-state index contributed by atoms with van der Waals surface area (Å²) in [5.41, 5.74) is 2.43. The lowest BCUT2D eigenvalue weighted by atomic mass is 10.1. The molecule has 0 saturated heterocycles. The third kappa shape index (κ3) is 4.07. The predicted molar refractivity (Wildman–Crippen MR) is 96.7 cm³/mol. The molecule has 0 radical (unpaired) electrons. The average molecular weight is 345 g/mol. The minimum Gasteiger partial charge on any atom is -0.488 e. The maximum Gasteiger partial charge on any atom is 0.314 e. The van der Waals surface area contributed by atoms with Crippen molar-refractivity contribution < 1.29 is 9.53 Å². The van der Waals surface area contributed by atoms with Crippen LogP contribution in [0.4, 0.5) is 4.79 Å². The van der Waals surface area contributed by atoms with Crippen LogP contribution in [-0.2, 0) is 6.42 Å². The molecule has 2 N–H and O–H groups in total. The monoisotopic (exact) mass is 345 g/mol. The van der Waals surface area contributed by atoms with E-state index in [2.05, 4.69) is 38.4 Å². The highest BCUT2D eigenvalue weighted by atomic mass is 32.1. The Labute approximate surface area is 146 Å². The molecular weight excluding hydrogens is 322 g/mol. The van der Waals surface area contributed by atoms with Crippen LogP contribution in [0.15, 0.2) is 41.1 Å². The highest BCUT2D eigenvalue weighted by Gasteiger charge is 2.23. The van der Waals surface area contributed by atoms with Crippen molar-refractivity contribution in [3.8, 4) is 5.75 Å². The van der Waals surface area contributed by atoms with E-state index in [-0.39, 0.29) is 18.2 Å². The SMILES string of the molecule is CN(C)[C@H](CNC(=O)NC[C@@H]1Cc2ccccc2O1)c1ccsc1. The standard InChI is InChI=1S/C18H23N3O2S/c1-21(2)16(14-7-8-24-12-14)11-20-18(22)19-10-15-9-13-5-3-4-6-17(13)23-15/h3-8,12,15-16H,9-11H2,1-2H3,(H2,19,20,22)/t15-,16+/m0/s1. The summed E-state index contributed by atoms with van der Waals surface area (Å²) in [7, 11) is 4.04. The van der Waals surface area contributed by atoms with Crippen molar-refractivity contribution in [2.75, 3.05) is 27.2 Å². The minimum absolute atomic E-state index is 0.00895. The number of nitrogens with one attached hydrogen (secondary N) is 2. The molecule has 3 rings (SSSR count). The first-order valence-corrected chi connectivity index (χ1v) is 9.02. The number of rotatable bonds is 6. The van der Waals surface area contributed by atoms with Crippen LogP contribution >= 0.6 is 11.3 Å². The number of hydrogen-bond donors (Lipinski definition) is 2. The van der Waals surface area contributed by atoms with Crippen molar-refractivity contribution in [1.82, 2.24) is 15.5 Å². The Morgan fingerprint density at radius 3 is 2.88 bits per heavy atom. The smallest absolute Gasteiger partial charge is 0.314 e. The Morgan fingerprint density at radius 1 is 1.33 bits per heavy atom. The summed E-state index contributed by atoms with van der Waals surface area (Å²) in [5.74, 6) is 0.926. The van der Waals surface area contributed by atoms with Gasteiger partial charge in [0.05, 0.1) is 12.6 Å². The van der Waals surface area contributed by atoms with Crippen LogP contribution in [0, 0.1) is 0 Å². The zero-order chi connectivity index (χ0) is 16.9. The Bertz CT molecular complexity index is 648. The molecule has 0 unspecified atom stereocenters. The van der Waals surface area contributed by atoms with Crippen molar-refractivity contribution in [2.24, 2.45) is 0 Å². The van der Waals surface area contributed by atoms with Crippen LogP contribution in [0.3, 0.4) is 0 Å². The number of urea groups is 1. The lowest BCUT2D eigenvalue weighted by Crippen LogP contribution is -2.43.